The van der Waals surface area contributed by atoms with Crippen molar-refractivity contribution in [1.82, 2.24) is 9.88 Å². The summed E-state index contributed by atoms with van der Waals surface area (Å²) < 4.78 is 5.30. The fourth-order valence-corrected chi connectivity index (χ4v) is 3.78. The summed E-state index contributed by atoms with van der Waals surface area (Å²) in [7, 11) is 1.81. The Kier molecular flexibility index (Phi) is 5.09. The predicted molar refractivity (Wildman–Crippen MR) is 85.6 cm³/mol. The Hall–Kier alpha value is -1.13. The molecular formula is C17H27N3O. The van der Waals surface area contributed by atoms with Crippen molar-refractivity contribution in [1.29, 1.82) is 0 Å². The minimum Gasteiger partial charge on any atom is -0.384 e. The minimum atomic E-state index is 0.741. The van der Waals surface area contributed by atoms with Crippen molar-refractivity contribution in [3.05, 3.63) is 24.4 Å². The lowest BCUT2D eigenvalue weighted by Gasteiger charge is -2.35. The Balaban J connectivity index is 1.50. The van der Waals surface area contributed by atoms with Crippen LogP contribution in [0.5, 0.6) is 0 Å². The average molecular weight is 289 g/mol. The molecule has 1 aromatic rings. The average Bonchev–Trinajstić information content (AvgIpc) is 2.96. The second-order valence-corrected chi connectivity index (χ2v) is 6.51. The van der Waals surface area contributed by atoms with Gasteiger partial charge in [0.2, 0.25) is 0 Å². The van der Waals surface area contributed by atoms with Gasteiger partial charge >= 0.3 is 0 Å². The number of anilines is 1. The molecule has 3 heterocycles. The largest absolute Gasteiger partial charge is 0.384 e. The number of likely N-dealkylation sites (tertiary alicyclic amines) is 1. The van der Waals surface area contributed by atoms with Gasteiger partial charge in [0.05, 0.1) is 6.61 Å². The Bertz CT molecular complexity index is 425. The molecule has 1 aromatic heterocycles. The van der Waals surface area contributed by atoms with Crippen molar-refractivity contribution in [2.24, 2.45) is 11.8 Å². The van der Waals surface area contributed by atoms with E-state index in [0.29, 0.717) is 0 Å². The van der Waals surface area contributed by atoms with Crippen molar-refractivity contribution >= 4 is 5.82 Å². The molecule has 0 aliphatic carbocycles. The van der Waals surface area contributed by atoms with Gasteiger partial charge in [-0.05, 0) is 49.8 Å². The zero-order valence-corrected chi connectivity index (χ0v) is 13.1. The SMILES string of the molecule is COCC1CCN(CC2CCCN(c3ccccn3)C2)C1. The number of hydrogen-bond acceptors (Lipinski definition) is 4. The monoisotopic (exact) mass is 289 g/mol. The van der Waals surface area contributed by atoms with Gasteiger partial charge in [-0.15, -0.1) is 0 Å². The van der Waals surface area contributed by atoms with E-state index in [1.54, 1.807) is 0 Å². The van der Waals surface area contributed by atoms with Crippen molar-refractivity contribution in [2.75, 3.05) is 51.3 Å². The number of methoxy groups -OCH3 is 1. The summed E-state index contributed by atoms with van der Waals surface area (Å²) in [5, 5.41) is 0. The number of rotatable bonds is 5. The van der Waals surface area contributed by atoms with Crippen LogP contribution >= 0.6 is 0 Å². The van der Waals surface area contributed by atoms with Crippen LogP contribution in [0.2, 0.25) is 0 Å². The van der Waals surface area contributed by atoms with Gasteiger partial charge in [-0.3, -0.25) is 0 Å². The lowest BCUT2D eigenvalue weighted by atomic mass is 9.97. The molecule has 4 heteroatoms. The Morgan fingerprint density at radius 3 is 2.95 bits per heavy atom. The Morgan fingerprint density at radius 1 is 1.19 bits per heavy atom. The van der Waals surface area contributed by atoms with Gasteiger partial charge < -0.3 is 14.5 Å². The maximum absolute atomic E-state index is 5.30. The zero-order valence-electron chi connectivity index (χ0n) is 13.1. The molecule has 2 atom stereocenters. The molecule has 21 heavy (non-hydrogen) atoms. The molecule has 0 aromatic carbocycles. The first-order valence-corrected chi connectivity index (χ1v) is 8.22. The van der Waals surface area contributed by atoms with E-state index in [-0.39, 0.29) is 0 Å². The normalized spacial score (nSPS) is 27.2. The summed E-state index contributed by atoms with van der Waals surface area (Å²) in [4.78, 5) is 9.59. The molecule has 2 fully saturated rings. The summed E-state index contributed by atoms with van der Waals surface area (Å²) >= 11 is 0. The molecule has 4 nitrogen and oxygen atoms in total. The van der Waals surface area contributed by atoms with Crippen LogP contribution in [0.4, 0.5) is 5.82 Å². The molecule has 2 unspecified atom stereocenters. The van der Waals surface area contributed by atoms with Crippen LogP contribution in [0.15, 0.2) is 24.4 Å². The highest BCUT2D eigenvalue weighted by molar-refractivity contribution is 5.38. The Labute approximate surface area is 128 Å². The van der Waals surface area contributed by atoms with Gasteiger partial charge in [-0.25, -0.2) is 4.98 Å². The number of nitrogens with zero attached hydrogens (tertiary/aromatic N) is 3. The molecule has 2 saturated heterocycles. The first-order valence-electron chi connectivity index (χ1n) is 8.22. The van der Waals surface area contributed by atoms with E-state index in [4.69, 9.17) is 4.74 Å². The van der Waals surface area contributed by atoms with E-state index in [2.05, 4.69) is 26.9 Å². The maximum atomic E-state index is 5.30. The highest BCUT2D eigenvalue weighted by Crippen LogP contribution is 2.24. The van der Waals surface area contributed by atoms with Crippen molar-refractivity contribution in [2.45, 2.75) is 19.3 Å². The van der Waals surface area contributed by atoms with Crippen molar-refractivity contribution in [3.63, 3.8) is 0 Å². The summed E-state index contributed by atoms with van der Waals surface area (Å²) in [5.74, 6) is 2.66. The summed E-state index contributed by atoms with van der Waals surface area (Å²) in [6.07, 6.45) is 5.84. The third kappa shape index (κ3) is 3.95. The van der Waals surface area contributed by atoms with E-state index in [9.17, 15) is 0 Å². The van der Waals surface area contributed by atoms with Crippen LogP contribution < -0.4 is 4.90 Å². The van der Waals surface area contributed by atoms with E-state index < -0.39 is 0 Å². The topological polar surface area (TPSA) is 28.6 Å². The third-order valence-electron chi connectivity index (χ3n) is 4.78. The summed E-state index contributed by atoms with van der Waals surface area (Å²) in [6.45, 7) is 6.93. The fraction of sp³-hybridized carbons (Fsp3) is 0.706. The molecule has 3 rings (SSSR count). The predicted octanol–water partition coefficient (Wildman–Crippen LogP) is 2.27. The van der Waals surface area contributed by atoms with Gasteiger partial charge in [0, 0.05) is 39.5 Å². The van der Waals surface area contributed by atoms with Gasteiger partial charge in [0.1, 0.15) is 5.82 Å². The number of ether oxygens (including phenoxy) is 1. The maximum Gasteiger partial charge on any atom is 0.128 e. The Morgan fingerprint density at radius 2 is 2.14 bits per heavy atom. The molecule has 116 valence electrons. The highest BCUT2D eigenvalue weighted by atomic mass is 16.5. The van der Waals surface area contributed by atoms with Gasteiger partial charge in [-0.1, -0.05) is 6.07 Å². The molecule has 0 bridgehead atoms. The molecule has 0 N–H and O–H groups in total. The van der Waals surface area contributed by atoms with E-state index in [1.807, 2.05) is 19.4 Å². The smallest absolute Gasteiger partial charge is 0.128 e. The summed E-state index contributed by atoms with van der Waals surface area (Å²) in [5.41, 5.74) is 0. The van der Waals surface area contributed by atoms with Crippen LogP contribution in [0.3, 0.4) is 0 Å². The van der Waals surface area contributed by atoms with E-state index in [0.717, 1.165) is 37.4 Å². The molecule has 0 saturated carbocycles. The number of piperidine rings is 1. The van der Waals surface area contributed by atoms with Crippen LogP contribution in [-0.2, 0) is 4.74 Å². The zero-order chi connectivity index (χ0) is 14.5. The fourth-order valence-electron chi connectivity index (χ4n) is 3.78. The number of aromatic nitrogens is 1. The van der Waals surface area contributed by atoms with Crippen molar-refractivity contribution < 1.29 is 4.74 Å². The third-order valence-corrected chi connectivity index (χ3v) is 4.78. The molecule has 0 spiro atoms. The second kappa shape index (κ2) is 7.23. The quantitative estimate of drug-likeness (QED) is 0.831. The first kappa shape index (κ1) is 14.8. The second-order valence-electron chi connectivity index (χ2n) is 6.51. The molecule has 2 aliphatic rings. The molecule has 0 amide bonds. The summed E-state index contributed by atoms with van der Waals surface area (Å²) in [6, 6.07) is 6.21. The standard InChI is InChI=1S/C17H27N3O/c1-21-14-16-7-10-19(12-16)11-15-5-4-9-20(13-15)17-6-2-3-8-18-17/h2-3,6,8,15-16H,4-5,7,9-14H2,1H3. The lowest BCUT2D eigenvalue weighted by Crippen LogP contribution is -2.41. The van der Waals surface area contributed by atoms with Gasteiger partial charge in [0.25, 0.3) is 0 Å². The molecule has 0 radical (unpaired) electrons. The van der Waals surface area contributed by atoms with Crippen LogP contribution in [0, 0.1) is 11.8 Å². The number of pyridine rings is 1. The van der Waals surface area contributed by atoms with Crippen molar-refractivity contribution in [3.8, 4) is 0 Å². The number of hydrogen-bond donors (Lipinski definition) is 0. The van der Waals surface area contributed by atoms with E-state index in [1.165, 1.54) is 38.9 Å². The lowest BCUT2D eigenvalue weighted by molar-refractivity contribution is 0.150. The minimum absolute atomic E-state index is 0.741. The first-order chi connectivity index (χ1) is 10.3. The van der Waals surface area contributed by atoms with Crippen LogP contribution in [0.25, 0.3) is 0 Å². The highest BCUT2D eigenvalue weighted by Gasteiger charge is 2.27. The van der Waals surface area contributed by atoms with Gasteiger partial charge in [0.15, 0.2) is 0 Å². The molecular weight excluding hydrogens is 262 g/mol. The molecule has 2 aliphatic heterocycles. The van der Waals surface area contributed by atoms with Crippen LogP contribution in [0.1, 0.15) is 19.3 Å². The van der Waals surface area contributed by atoms with Crippen LogP contribution in [-0.4, -0.2) is 56.3 Å². The van der Waals surface area contributed by atoms with Gasteiger partial charge in [-0.2, -0.15) is 0 Å². The van der Waals surface area contributed by atoms with E-state index >= 15 is 0 Å².